The highest BCUT2D eigenvalue weighted by Gasteiger charge is 2.34. The number of urea groups is 1. The molecule has 0 aliphatic carbocycles. The summed E-state index contributed by atoms with van der Waals surface area (Å²) in [6, 6.07) is 17.3. The van der Waals surface area contributed by atoms with Crippen LogP contribution in [0.4, 0.5) is 4.79 Å². The van der Waals surface area contributed by atoms with Gasteiger partial charge in [-0.15, -0.1) is 0 Å². The van der Waals surface area contributed by atoms with E-state index in [-0.39, 0.29) is 75.3 Å². The number of hydrogen-bond acceptors (Lipinski definition) is 13. The van der Waals surface area contributed by atoms with E-state index >= 15 is 0 Å². The molecule has 4 aromatic rings. The molecule has 25 heteroatoms. The van der Waals surface area contributed by atoms with Crippen molar-refractivity contribution in [3.63, 3.8) is 0 Å². The monoisotopic (exact) mass is 1190 g/mol. The molecule has 0 bridgehead atoms. The van der Waals surface area contributed by atoms with Crippen molar-refractivity contribution < 1.29 is 48.3 Å². The second-order valence-electron chi connectivity index (χ2n) is 22.1. The molecule has 86 heavy (non-hydrogen) atoms. The molecule has 7 atom stereocenters. The Morgan fingerprint density at radius 1 is 0.558 bits per heavy atom. The molecular weight excluding hydrogens is 1100 g/mol. The molecule has 4 aromatic carbocycles. The molecule has 10 amide bonds. The Morgan fingerprint density at radius 2 is 1.07 bits per heavy atom. The summed E-state index contributed by atoms with van der Waals surface area (Å²) in [7, 11) is 0. The summed E-state index contributed by atoms with van der Waals surface area (Å²) >= 11 is 0. The minimum Gasteiger partial charge on any atom is -0.508 e. The summed E-state index contributed by atoms with van der Waals surface area (Å²) in [5.41, 5.74) is 23.3. The maximum absolute atomic E-state index is 14.9. The summed E-state index contributed by atoms with van der Waals surface area (Å²) in [6.45, 7) is 9.23. The van der Waals surface area contributed by atoms with E-state index in [1.807, 2.05) is 64.1 Å². The van der Waals surface area contributed by atoms with E-state index < -0.39 is 108 Å². The summed E-state index contributed by atoms with van der Waals surface area (Å²) in [6.07, 6.45) is 1.20. The van der Waals surface area contributed by atoms with Gasteiger partial charge in [-0.05, 0) is 110 Å². The van der Waals surface area contributed by atoms with Gasteiger partial charge in [-0.2, -0.15) is 0 Å². The lowest BCUT2D eigenvalue weighted by Gasteiger charge is -2.27. The highest BCUT2D eigenvalue weighted by molar-refractivity contribution is 5.98. The van der Waals surface area contributed by atoms with Gasteiger partial charge in [-0.3, -0.25) is 48.8 Å². The fourth-order valence-corrected chi connectivity index (χ4v) is 9.57. The maximum Gasteiger partial charge on any atom is 0.334 e. The van der Waals surface area contributed by atoms with Gasteiger partial charge in [-0.1, -0.05) is 113 Å². The molecule has 0 saturated carbocycles. The van der Waals surface area contributed by atoms with Crippen molar-refractivity contribution in [1.82, 2.24) is 58.7 Å². The average molecular weight is 1190 g/mol. The zero-order valence-corrected chi connectivity index (χ0v) is 49.5. The molecule has 1 fully saturated rings. The van der Waals surface area contributed by atoms with Gasteiger partial charge in [0.2, 0.25) is 41.4 Å². The molecule has 466 valence electrons. The number of hydrazine groups is 1. The third kappa shape index (κ3) is 24.4. The molecule has 0 radical (unpaired) electrons. The van der Waals surface area contributed by atoms with Gasteiger partial charge in [0.25, 0.3) is 5.91 Å². The molecular formula is C61H87N15O10. The summed E-state index contributed by atoms with van der Waals surface area (Å²) in [5, 5.41) is 37.5. The number of amides is 10. The molecule has 1 saturated heterocycles. The smallest absolute Gasteiger partial charge is 0.334 e. The topological polar surface area (TPSA) is 397 Å². The van der Waals surface area contributed by atoms with Crippen LogP contribution < -0.4 is 75.9 Å². The number of nitrogens with zero attached hydrogens (tertiary/aromatic N) is 1. The molecule has 5 rings (SSSR count). The van der Waals surface area contributed by atoms with Gasteiger partial charge < -0.3 is 70.2 Å². The Bertz CT molecular complexity index is 2920. The summed E-state index contributed by atoms with van der Waals surface area (Å²) in [5.74, 6) is -6.86. The van der Waals surface area contributed by atoms with Crippen molar-refractivity contribution in [3.05, 3.63) is 114 Å². The number of carbonyl (C=O) groups excluding carboxylic acids is 9. The van der Waals surface area contributed by atoms with Crippen LogP contribution in [-0.4, -0.2) is 138 Å². The van der Waals surface area contributed by atoms with E-state index in [0.717, 1.165) is 10.8 Å². The maximum atomic E-state index is 14.9. The number of guanidine groups is 1. The highest BCUT2D eigenvalue weighted by atomic mass is 16.3. The largest absolute Gasteiger partial charge is 0.508 e. The van der Waals surface area contributed by atoms with Gasteiger partial charge >= 0.3 is 6.03 Å². The average Bonchev–Trinajstić information content (AvgIpc) is 3.67. The number of aliphatic imine (C=N–C) groups is 1. The first-order valence-corrected chi connectivity index (χ1v) is 29.4. The Morgan fingerprint density at radius 3 is 1.67 bits per heavy atom. The van der Waals surface area contributed by atoms with Crippen LogP contribution in [-0.2, 0) is 57.6 Å². The molecule has 25 nitrogen and oxygen atoms in total. The number of nitrogens with one attached hydrogen (secondary N) is 11. The van der Waals surface area contributed by atoms with Crippen molar-refractivity contribution in [2.24, 2.45) is 22.2 Å². The van der Waals surface area contributed by atoms with Gasteiger partial charge in [0.05, 0.1) is 0 Å². The second-order valence-corrected chi connectivity index (χ2v) is 22.1. The molecule has 0 aromatic heterocycles. The minimum absolute atomic E-state index is 0.0494. The number of phenols is 1. The lowest BCUT2D eigenvalue weighted by molar-refractivity contribution is -0.135. The van der Waals surface area contributed by atoms with Gasteiger partial charge in [0, 0.05) is 44.3 Å². The fourth-order valence-electron chi connectivity index (χ4n) is 9.57. The van der Waals surface area contributed by atoms with E-state index in [0.29, 0.717) is 55.5 Å². The molecule has 1 heterocycles. The normalized spacial score (nSPS) is 20.0. The first-order valence-electron chi connectivity index (χ1n) is 29.4. The van der Waals surface area contributed by atoms with Crippen LogP contribution in [0.1, 0.15) is 109 Å². The van der Waals surface area contributed by atoms with E-state index in [1.165, 1.54) is 12.1 Å². The van der Waals surface area contributed by atoms with E-state index in [2.05, 4.69) is 63.7 Å². The van der Waals surface area contributed by atoms with Crippen LogP contribution in [0.15, 0.2) is 102 Å². The van der Waals surface area contributed by atoms with Crippen molar-refractivity contribution in [1.29, 1.82) is 0 Å². The highest BCUT2D eigenvalue weighted by Crippen LogP contribution is 2.18. The number of benzene rings is 4. The number of unbranched alkanes of at least 4 members (excludes halogenated alkanes) is 2. The van der Waals surface area contributed by atoms with Crippen LogP contribution in [0.25, 0.3) is 10.8 Å². The van der Waals surface area contributed by atoms with Crippen LogP contribution >= 0.6 is 0 Å². The van der Waals surface area contributed by atoms with E-state index in [1.54, 1.807) is 48.5 Å². The predicted octanol–water partition coefficient (Wildman–Crippen LogP) is 0.850. The number of rotatable bonds is 25. The zero-order valence-electron chi connectivity index (χ0n) is 49.5. The number of aromatic hydroxyl groups is 1. The third-order valence-corrected chi connectivity index (χ3v) is 14.2. The Labute approximate surface area is 502 Å². The van der Waals surface area contributed by atoms with Crippen molar-refractivity contribution >= 4 is 70.0 Å². The first-order chi connectivity index (χ1) is 41.1. The Hall–Kier alpha value is -8.84. The van der Waals surface area contributed by atoms with Gasteiger partial charge in [0.15, 0.2) is 5.96 Å². The quantitative estimate of drug-likeness (QED) is 0.0249. The number of phenolic OH excluding ortho intramolecular Hbond substituents is 1. The van der Waals surface area contributed by atoms with Crippen LogP contribution in [0.3, 0.4) is 0 Å². The minimum atomic E-state index is -1.56. The van der Waals surface area contributed by atoms with Gasteiger partial charge in [0.1, 0.15) is 48.0 Å². The van der Waals surface area contributed by atoms with Crippen LogP contribution in [0.2, 0.25) is 0 Å². The van der Waals surface area contributed by atoms with Gasteiger partial charge in [-0.25, -0.2) is 10.2 Å². The van der Waals surface area contributed by atoms with Crippen molar-refractivity contribution in [2.45, 2.75) is 166 Å². The SMILES string of the molecule is CC(C)NCCCC[C@H](NC(=O)[C@H]1CCC(=O)N[C@@H](Cc2ccccc2)C(=O)N[C@@H](Cc2ccc(O)cc2)C(=O)N[C@@H](CCCCNC(C)C)C(=O)N[C@H](CCCN=C(N)N)C(=O)N[C@@H](Cc2ccc3ccccc3c2)C(=O)NNC(=O)N1)C(N)=O. The number of primary amides is 1. The lowest BCUT2D eigenvalue weighted by Crippen LogP contribution is -2.60. The Balaban J connectivity index is 1.58. The number of hydrogen-bond donors (Lipinski definition) is 15. The van der Waals surface area contributed by atoms with Crippen molar-refractivity contribution in [2.75, 3.05) is 19.6 Å². The van der Waals surface area contributed by atoms with E-state index in [9.17, 15) is 48.3 Å². The number of fused-ring (bicyclic) bond motifs is 1. The second kappa shape index (κ2) is 35.5. The molecule has 1 aliphatic heterocycles. The predicted molar refractivity (Wildman–Crippen MR) is 327 cm³/mol. The molecule has 0 unspecified atom stereocenters. The van der Waals surface area contributed by atoms with Crippen molar-refractivity contribution in [3.8, 4) is 5.75 Å². The molecule has 18 N–H and O–H groups in total. The summed E-state index contributed by atoms with van der Waals surface area (Å²) < 4.78 is 0. The van der Waals surface area contributed by atoms with E-state index in [4.69, 9.17) is 17.2 Å². The zero-order chi connectivity index (χ0) is 62.5. The standard InChI is InChI=1S/C61H87N15O10/c1-37(2)65-30-12-10-19-45(53(62)79)69-56(82)48-28-29-52(78)68-49(34-39-15-6-5-7-16-39)57(83)72-50(35-40-23-26-44(77)27-24-40)58(84)71-46(20-11-13-31-66-38(3)4)54(80)70-47(21-14-32-67-60(63)64)55(81)73-51(59(85)75-76-61(86)74-48)36-41-22-25-42-17-8-9-18-43(42)33-41/h5-9,15-18,22-27,33,37-38,45-51,65-66,77H,10-14,19-21,28-32,34-36H2,1-4H3,(H2,62,79)(H,68,78)(H,69,82)(H,70,80)(H,71,84)(H,72,83)(H,73,81)(H,75,85)(H4,63,64,67)(H2,74,76,86)/t45-,46-,47+,48+,49-,50-,51-/m0/s1. The first kappa shape index (κ1) is 67.9. The molecule has 0 spiro atoms. The lowest BCUT2D eigenvalue weighted by atomic mass is 10.00. The van der Waals surface area contributed by atoms with Crippen LogP contribution in [0.5, 0.6) is 5.75 Å². The summed E-state index contributed by atoms with van der Waals surface area (Å²) in [4.78, 5) is 132. The van der Waals surface area contributed by atoms with Crippen LogP contribution in [0, 0.1) is 0 Å². The number of carbonyl (C=O) groups is 9. The number of nitrogens with two attached hydrogens (primary N) is 3. The Kier molecular flexibility index (Phi) is 28.0. The third-order valence-electron chi connectivity index (χ3n) is 14.2. The molecule has 1 aliphatic rings. The fraction of sp³-hybridized carbons (Fsp3) is 0.475.